The molecule has 1 aromatic heterocycles. The number of benzene rings is 2. The highest BCUT2D eigenvalue weighted by molar-refractivity contribution is 5.47. The van der Waals surface area contributed by atoms with Gasteiger partial charge in [0.15, 0.2) is 17.3 Å². The molecule has 1 N–H and O–H groups in total. The third-order valence-corrected chi connectivity index (χ3v) is 7.67. The minimum absolute atomic E-state index is 0.0177. The fraction of sp³-hybridized carbons (Fsp3) is 0.321. The van der Waals surface area contributed by atoms with Gasteiger partial charge in [-0.15, -0.1) is 0 Å². The molecule has 4 aliphatic rings. The van der Waals surface area contributed by atoms with Crippen molar-refractivity contribution in [1.29, 1.82) is 0 Å². The monoisotopic (exact) mass is 505 g/mol. The number of aromatic nitrogens is 1. The van der Waals surface area contributed by atoms with Crippen molar-refractivity contribution in [2.75, 3.05) is 18.3 Å². The van der Waals surface area contributed by atoms with Gasteiger partial charge in [-0.3, -0.25) is 14.5 Å². The average molecular weight is 506 g/mol. The van der Waals surface area contributed by atoms with Crippen LogP contribution in [-0.4, -0.2) is 40.2 Å². The Morgan fingerprint density at radius 2 is 1.84 bits per heavy atom. The van der Waals surface area contributed by atoms with Gasteiger partial charge in [0, 0.05) is 23.9 Å². The lowest BCUT2D eigenvalue weighted by Gasteiger charge is -2.40. The molecule has 1 saturated heterocycles. The summed E-state index contributed by atoms with van der Waals surface area (Å²) >= 11 is 0. The third-order valence-electron chi connectivity index (χ3n) is 7.67. The minimum atomic E-state index is -1.05. The summed E-state index contributed by atoms with van der Waals surface area (Å²) < 4.78 is 43.4. The lowest BCUT2D eigenvalue weighted by Crippen LogP contribution is -2.50. The molecule has 3 aliphatic heterocycles. The van der Waals surface area contributed by atoms with Crippen LogP contribution < -0.4 is 15.2 Å². The van der Waals surface area contributed by atoms with Crippen LogP contribution in [0.5, 0.6) is 11.5 Å². The zero-order valence-electron chi connectivity index (χ0n) is 19.8. The second-order valence-corrected chi connectivity index (χ2v) is 9.96. The first-order valence-corrected chi connectivity index (χ1v) is 12.5. The number of ether oxygens (including phenoxy) is 2. The molecule has 3 aromatic rings. The van der Waals surface area contributed by atoms with E-state index < -0.39 is 29.2 Å². The van der Waals surface area contributed by atoms with Crippen LogP contribution in [0, 0.1) is 17.6 Å². The van der Waals surface area contributed by atoms with Gasteiger partial charge in [-0.2, -0.15) is 4.39 Å². The Morgan fingerprint density at radius 1 is 1.03 bits per heavy atom. The van der Waals surface area contributed by atoms with Crippen LogP contribution in [0.3, 0.4) is 0 Å². The van der Waals surface area contributed by atoms with Gasteiger partial charge in [0.05, 0.1) is 6.67 Å². The molecule has 0 amide bonds. The number of hydrogen-bond donors (Lipinski definition) is 1. The Morgan fingerprint density at radius 3 is 2.62 bits per heavy atom. The molecule has 5 atom stereocenters. The van der Waals surface area contributed by atoms with Crippen molar-refractivity contribution in [3.05, 3.63) is 106 Å². The van der Waals surface area contributed by atoms with Crippen molar-refractivity contribution >= 4 is 0 Å². The molecule has 1 aliphatic carbocycles. The Labute approximate surface area is 211 Å². The van der Waals surface area contributed by atoms with Crippen LogP contribution >= 0.6 is 0 Å². The average Bonchev–Trinajstić information content (AvgIpc) is 3.81. The molecule has 3 unspecified atom stereocenters. The summed E-state index contributed by atoms with van der Waals surface area (Å²) in [6.45, 7) is 0.435. The van der Waals surface area contributed by atoms with E-state index in [-0.39, 0.29) is 30.4 Å². The summed E-state index contributed by atoms with van der Waals surface area (Å²) in [5.74, 6) is -2.15. The topological polar surface area (TPSA) is 70.5 Å². The van der Waals surface area contributed by atoms with Crippen molar-refractivity contribution in [2.45, 2.75) is 37.3 Å². The maximum atomic E-state index is 15.3. The number of pyridine rings is 1. The second kappa shape index (κ2) is 8.43. The van der Waals surface area contributed by atoms with E-state index in [4.69, 9.17) is 9.47 Å². The predicted octanol–water partition coefficient (Wildman–Crippen LogP) is 3.96. The zero-order chi connectivity index (χ0) is 25.3. The fourth-order valence-corrected chi connectivity index (χ4v) is 5.72. The summed E-state index contributed by atoms with van der Waals surface area (Å²) in [4.78, 5) is 14.7. The normalized spacial score (nSPS) is 29.0. The van der Waals surface area contributed by atoms with Crippen LogP contribution in [-0.2, 0) is 4.74 Å². The van der Waals surface area contributed by atoms with E-state index in [1.54, 1.807) is 16.9 Å². The molecular weight excluding hydrogens is 480 g/mol. The van der Waals surface area contributed by atoms with Gasteiger partial charge in [-0.05, 0) is 42.5 Å². The first-order valence-electron chi connectivity index (χ1n) is 12.5. The maximum absolute atomic E-state index is 15.3. The quantitative estimate of drug-likeness (QED) is 0.420. The number of rotatable bonds is 2. The summed E-state index contributed by atoms with van der Waals surface area (Å²) in [6.07, 6.45) is 6.82. The number of fused-ring (bicyclic) bond motifs is 8. The van der Waals surface area contributed by atoms with Crippen LogP contribution in [0.4, 0.5) is 8.78 Å². The predicted molar refractivity (Wildman–Crippen MR) is 131 cm³/mol. The van der Waals surface area contributed by atoms with Crippen LogP contribution in [0.1, 0.15) is 41.8 Å². The van der Waals surface area contributed by atoms with Gasteiger partial charge in [0.1, 0.15) is 30.7 Å². The van der Waals surface area contributed by atoms with Gasteiger partial charge in [0.2, 0.25) is 11.2 Å². The van der Waals surface area contributed by atoms with Gasteiger partial charge in [-0.25, -0.2) is 9.29 Å². The molecule has 37 heavy (non-hydrogen) atoms. The van der Waals surface area contributed by atoms with E-state index in [9.17, 15) is 14.3 Å². The zero-order valence-corrected chi connectivity index (χ0v) is 19.8. The van der Waals surface area contributed by atoms with Crippen LogP contribution in [0.25, 0.3) is 0 Å². The minimum Gasteiger partial charge on any atom is -0.503 e. The molecule has 0 spiro atoms. The Balaban J connectivity index is 1.51. The van der Waals surface area contributed by atoms with E-state index in [0.29, 0.717) is 23.8 Å². The fourth-order valence-electron chi connectivity index (χ4n) is 5.72. The third kappa shape index (κ3) is 3.64. The number of aromatic hydroxyl groups is 1. The van der Waals surface area contributed by atoms with Crippen molar-refractivity contribution in [3.8, 4) is 11.5 Å². The standard InChI is InChI=1S/C28H25F2N3O4/c29-19-11-10-18-23(17-5-2-1-3-6-17)33-15-31(20(16-8-9-16)7-4-14-36-26(18)22(19)30)28-27(37-28)24-25(35)21(34)12-13-32(24)33/h1-7,10-13,16,20,23,27-28,35H,8-9,14-15H2/b7-4+/t20-,23-,27?,28?/m1/s1. The van der Waals surface area contributed by atoms with Gasteiger partial charge in [-0.1, -0.05) is 36.4 Å². The molecule has 4 heterocycles. The number of nitrogens with zero attached hydrogens (tertiary/aromatic N) is 3. The highest BCUT2D eigenvalue weighted by Crippen LogP contribution is 2.50. The lowest BCUT2D eigenvalue weighted by molar-refractivity contribution is 0.118. The number of epoxide rings is 1. The van der Waals surface area contributed by atoms with Crippen LogP contribution in [0.2, 0.25) is 0 Å². The first-order chi connectivity index (χ1) is 18.0. The number of halogens is 2. The smallest absolute Gasteiger partial charge is 0.223 e. The Hall–Kier alpha value is -3.69. The Kier molecular flexibility index (Phi) is 5.12. The molecule has 2 aromatic carbocycles. The van der Waals surface area contributed by atoms with E-state index in [1.165, 1.54) is 6.07 Å². The molecule has 7 rings (SSSR count). The van der Waals surface area contributed by atoms with Crippen LogP contribution in [0.15, 0.2) is 71.7 Å². The SMILES string of the molecule is O=c1ccn2c(c1O)C1OC1N1CN2[C@H](c2ccccc2)c2ccc(F)c(F)c2OC/C=C/[C@@H]1C1CC1. The molecule has 2 fully saturated rings. The number of hydrogen-bond acceptors (Lipinski definition) is 6. The first kappa shape index (κ1) is 22.5. The highest BCUT2D eigenvalue weighted by atomic mass is 19.2. The molecule has 2 bridgehead atoms. The lowest BCUT2D eigenvalue weighted by atomic mass is 9.96. The molecule has 190 valence electrons. The van der Waals surface area contributed by atoms with Crippen molar-refractivity contribution < 1.29 is 23.4 Å². The maximum Gasteiger partial charge on any atom is 0.223 e. The summed E-state index contributed by atoms with van der Waals surface area (Å²) in [5.41, 5.74) is 1.10. The largest absolute Gasteiger partial charge is 0.503 e. The Bertz CT molecular complexity index is 1460. The van der Waals surface area contributed by atoms with E-state index in [0.717, 1.165) is 24.5 Å². The molecule has 1 saturated carbocycles. The van der Waals surface area contributed by atoms with E-state index in [2.05, 4.69) is 4.90 Å². The summed E-state index contributed by atoms with van der Waals surface area (Å²) in [7, 11) is 0. The highest BCUT2D eigenvalue weighted by Gasteiger charge is 2.55. The van der Waals surface area contributed by atoms with Gasteiger partial charge in [0.25, 0.3) is 0 Å². The van der Waals surface area contributed by atoms with Crippen molar-refractivity contribution in [1.82, 2.24) is 9.58 Å². The molecule has 0 radical (unpaired) electrons. The van der Waals surface area contributed by atoms with E-state index in [1.807, 2.05) is 47.5 Å². The van der Waals surface area contributed by atoms with Crippen molar-refractivity contribution in [2.24, 2.45) is 5.92 Å². The molecular formula is C28H25F2N3O4. The molecule has 9 heteroatoms. The summed E-state index contributed by atoms with van der Waals surface area (Å²) in [6, 6.07) is 12.8. The summed E-state index contributed by atoms with van der Waals surface area (Å²) in [5, 5.41) is 12.9. The van der Waals surface area contributed by atoms with E-state index >= 15 is 4.39 Å². The van der Waals surface area contributed by atoms with Gasteiger partial charge < -0.3 is 14.6 Å². The second-order valence-electron chi connectivity index (χ2n) is 9.96. The van der Waals surface area contributed by atoms with Crippen molar-refractivity contribution in [3.63, 3.8) is 0 Å². The van der Waals surface area contributed by atoms with Gasteiger partial charge >= 0.3 is 0 Å². The molecule has 7 nitrogen and oxygen atoms in total.